The van der Waals surface area contributed by atoms with Gasteiger partial charge in [-0.1, -0.05) is 0 Å². The summed E-state index contributed by atoms with van der Waals surface area (Å²) in [6, 6.07) is 2.01. The van der Waals surface area contributed by atoms with Crippen LogP contribution in [0.15, 0.2) is 6.07 Å². The van der Waals surface area contributed by atoms with E-state index in [2.05, 4.69) is 15.3 Å². The molecule has 116 valence electrons. The van der Waals surface area contributed by atoms with Crippen LogP contribution >= 0.6 is 0 Å². The van der Waals surface area contributed by atoms with Gasteiger partial charge in [-0.15, -0.1) is 0 Å². The van der Waals surface area contributed by atoms with Crippen LogP contribution in [0.5, 0.6) is 0 Å². The lowest BCUT2D eigenvalue weighted by atomic mass is 9.94. The highest BCUT2D eigenvalue weighted by molar-refractivity contribution is 5.41. The van der Waals surface area contributed by atoms with Gasteiger partial charge in [-0.05, 0) is 32.9 Å². The fourth-order valence-corrected chi connectivity index (χ4v) is 3.13. The molecule has 2 aliphatic heterocycles. The number of rotatable bonds is 2. The molecule has 0 spiro atoms. The maximum absolute atomic E-state index is 13.3. The number of alkyl halides is 2. The number of hydrogen-bond acceptors (Lipinski definition) is 4. The highest BCUT2D eigenvalue weighted by Gasteiger charge is 2.34. The smallest absolute Gasteiger partial charge is 0.251 e. The Balaban J connectivity index is 1.78. The van der Waals surface area contributed by atoms with Gasteiger partial charge in [0.05, 0.1) is 0 Å². The van der Waals surface area contributed by atoms with E-state index in [4.69, 9.17) is 0 Å². The Morgan fingerprint density at radius 1 is 1.19 bits per heavy atom. The number of hydrogen-bond donors (Lipinski definition) is 1. The molecule has 0 aliphatic carbocycles. The summed E-state index contributed by atoms with van der Waals surface area (Å²) in [5.41, 5.74) is 1.07. The second-order valence-corrected chi connectivity index (χ2v) is 6.07. The van der Waals surface area contributed by atoms with E-state index in [9.17, 15) is 8.78 Å². The molecule has 0 amide bonds. The highest BCUT2D eigenvalue weighted by atomic mass is 19.3. The third kappa shape index (κ3) is 3.48. The van der Waals surface area contributed by atoms with Gasteiger partial charge in [0.2, 0.25) is 0 Å². The van der Waals surface area contributed by atoms with Crippen molar-refractivity contribution < 1.29 is 8.78 Å². The number of halogens is 2. The second-order valence-electron chi connectivity index (χ2n) is 6.07. The monoisotopic (exact) mass is 296 g/mol. The van der Waals surface area contributed by atoms with Crippen molar-refractivity contribution in [3.05, 3.63) is 17.6 Å². The Morgan fingerprint density at radius 3 is 2.52 bits per heavy atom. The SMILES string of the molecule is Cc1nc(C2CCNCC2)cc(N2CCC(F)(F)CC2)n1. The van der Waals surface area contributed by atoms with Crippen molar-refractivity contribution in [3.8, 4) is 0 Å². The summed E-state index contributed by atoms with van der Waals surface area (Å²) in [7, 11) is 0. The zero-order valence-electron chi connectivity index (χ0n) is 12.4. The number of nitrogens with zero attached hydrogens (tertiary/aromatic N) is 3. The van der Waals surface area contributed by atoms with Gasteiger partial charge in [0, 0.05) is 43.6 Å². The van der Waals surface area contributed by atoms with E-state index in [1.54, 1.807) is 0 Å². The summed E-state index contributed by atoms with van der Waals surface area (Å²) in [6.07, 6.45) is 1.99. The molecule has 2 saturated heterocycles. The van der Waals surface area contributed by atoms with Crippen molar-refractivity contribution in [2.75, 3.05) is 31.1 Å². The highest BCUT2D eigenvalue weighted by Crippen LogP contribution is 2.31. The molecule has 21 heavy (non-hydrogen) atoms. The molecule has 4 nitrogen and oxygen atoms in total. The van der Waals surface area contributed by atoms with E-state index in [0.29, 0.717) is 19.0 Å². The number of aryl methyl sites for hydroxylation is 1. The molecule has 3 rings (SSSR count). The molecular weight excluding hydrogens is 274 g/mol. The molecule has 0 bridgehead atoms. The van der Waals surface area contributed by atoms with Crippen LogP contribution in [-0.4, -0.2) is 42.1 Å². The molecule has 0 radical (unpaired) electrons. The van der Waals surface area contributed by atoms with Crippen molar-refractivity contribution in [1.82, 2.24) is 15.3 Å². The quantitative estimate of drug-likeness (QED) is 0.910. The van der Waals surface area contributed by atoms with Gasteiger partial charge in [0.25, 0.3) is 5.92 Å². The molecular formula is C15H22F2N4. The maximum Gasteiger partial charge on any atom is 0.251 e. The summed E-state index contributed by atoms with van der Waals surface area (Å²) >= 11 is 0. The molecule has 0 aromatic carbocycles. The number of anilines is 1. The van der Waals surface area contributed by atoms with Gasteiger partial charge < -0.3 is 10.2 Å². The van der Waals surface area contributed by atoms with Crippen LogP contribution in [-0.2, 0) is 0 Å². The average molecular weight is 296 g/mol. The maximum atomic E-state index is 13.3. The number of nitrogens with one attached hydrogen (secondary N) is 1. The lowest BCUT2D eigenvalue weighted by Gasteiger charge is -2.33. The van der Waals surface area contributed by atoms with E-state index in [1.807, 2.05) is 17.9 Å². The van der Waals surface area contributed by atoms with Gasteiger partial charge >= 0.3 is 0 Å². The number of aromatic nitrogens is 2. The largest absolute Gasteiger partial charge is 0.356 e. The lowest BCUT2D eigenvalue weighted by Crippen LogP contribution is -2.40. The predicted octanol–water partition coefficient (Wildman–Crippen LogP) is 2.49. The Morgan fingerprint density at radius 2 is 1.86 bits per heavy atom. The first-order valence-electron chi connectivity index (χ1n) is 7.73. The molecule has 2 fully saturated rings. The molecule has 0 saturated carbocycles. The van der Waals surface area contributed by atoms with Crippen molar-refractivity contribution in [3.63, 3.8) is 0 Å². The molecule has 1 aromatic rings. The first kappa shape index (κ1) is 14.6. The summed E-state index contributed by atoms with van der Waals surface area (Å²) in [6.45, 7) is 4.65. The van der Waals surface area contributed by atoms with Crippen molar-refractivity contribution >= 4 is 5.82 Å². The fourth-order valence-electron chi connectivity index (χ4n) is 3.13. The second kappa shape index (κ2) is 5.83. The third-order valence-electron chi connectivity index (χ3n) is 4.42. The van der Waals surface area contributed by atoms with Crippen molar-refractivity contribution in [1.29, 1.82) is 0 Å². The van der Waals surface area contributed by atoms with Crippen LogP contribution in [0.2, 0.25) is 0 Å². The van der Waals surface area contributed by atoms with E-state index >= 15 is 0 Å². The molecule has 2 aliphatic rings. The van der Waals surface area contributed by atoms with E-state index in [-0.39, 0.29) is 12.8 Å². The minimum atomic E-state index is -2.52. The normalized spacial score (nSPS) is 23.3. The van der Waals surface area contributed by atoms with E-state index in [0.717, 1.165) is 43.3 Å². The minimum absolute atomic E-state index is 0.0846. The van der Waals surface area contributed by atoms with E-state index in [1.165, 1.54) is 0 Å². The van der Waals surface area contributed by atoms with Crippen molar-refractivity contribution in [2.45, 2.75) is 44.4 Å². The molecule has 1 N–H and O–H groups in total. The van der Waals surface area contributed by atoms with Crippen LogP contribution in [0.25, 0.3) is 0 Å². The zero-order chi connectivity index (χ0) is 14.9. The molecule has 6 heteroatoms. The average Bonchev–Trinajstić information content (AvgIpc) is 2.47. The van der Waals surface area contributed by atoms with Gasteiger partial charge in [-0.25, -0.2) is 18.7 Å². The summed E-state index contributed by atoms with van der Waals surface area (Å²) < 4.78 is 26.6. The van der Waals surface area contributed by atoms with Crippen LogP contribution in [0.1, 0.15) is 43.1 Å². The van der Waals surface area contributed by atoms with Crippen LogP contribution in [0, 0.1) is 6.92 Å². The van der Waals surface area contributed by atoms with Crippen LogP contribution in [0.4, 0.5) is 14.6 Å². The Kier molecular flexibility index (Phi) is 4.06. The molecule has 1 aromatic heterocycles. The topological polar surface area (TPSA) is 41.1 Å². The molecule has 0 atom stereocenters. The van der Waals surface area contributed by atoms with Crippen LogP contribution < -0.4 is 10.2 Å². The van der Waals surface area contributed by atoms with Gasteiger partial charge in [0.15, 0.2) is 0 Å². The summed E-state index contributed by atoms with van der Waals surface area (Å²) in [5, 5.41) is 3.35. The summed E-state index contributed by atoms with van der Waals surface area (Å²) in [4.78, 5) is 11.0. The standard InChI is InChI=1S/C15H22F2N4/c1-11-19-13(12-2-6-18-7-3-12)10-14(20-11)21-8-4-15(16,17)5-9-21/h10,12,18H,2-9H2,1H3. The van der Waals surface area contributed by atoms with Crippen molar-refractivity contribution in [2.24, 2.45) is 0 Å². The van der Waals surface area contributed by atoms with Gasteiger partial charge in [-0.2, -0.15) is 0 Å². The first-order chi connectivity index (χ1) is 10.0. The van der Waals surface area contributed by atoms with E-state index < -0.39 is 5.92 Å². The first-order valence-corrected chi connectivity index (χ1v) is 7.73. The Bertz CT molecular complexity index is 490. The molecule has 0 unspecified atom stereocenters. The third-order valence-corrected chi connectivity index (χ3v) is 4.42. The predicted molar refractivity (Wildman–Crippen MR) is 78.0 cm³/mol. The zero-order valence-corrected chi connectivity index (χ0v) is 12.4. The Labute approximate surface area is 124 Å². The van der Waals surface area contributed by atoms with Gasteiger partial charge in [-0.3, -0.25) is 0 Å². The van der Waals surface area contributed by atoms with Gasteiger partial charge in [0.1, 0.15) is 11.6 Å². The summed E-state index contributed by atoms with van der Waals surface area (Å²) in [5.74, 6) is -0.515. The minimum Gasteiger partial charge on any atom is -0.356 e. The Hall–Kier alpha value is -1.30. The number of piperidine rings is 2. The molecule has 3 heterocycles. The fraction of sp³-hybridized carbons (Fsp3) is 0.733. The van der Waals surface area contributed by atoms with Crippen LogP contribution in [0.3, 0.4) is 0 Å². The lowest BCUT2D eigenvalue weighted by molar-refractivity contribution is -0.0221.